The molecule has 1 unspecified atom stereocenters. The first-order valence-corrected chi connectivity index (χ1v) is 9.66. The number of nitrogens with zero attached hydrogens (tertiary/aromatic N) is 4. The maximum Gasteiger partial charge on any atom is 0.258 e. The van der Waals surface area contributed by atoms with E-state index < -0.39 is 6.10 Å². The quantitative estimate of drug-likeness (QED) is 0.540. The predicted octanol–water partition coefficient (Wildman–Crippen LogP) is 1.38. The highest BCUT2D eigenvalue weighted by molar-refractivity contribution is 7.15. The zero-order chi connectivity index (χ0) is 18.5. The summed E-state index contributed by atoms with van der Waals surface area (Å²) in [5.41, 5.74) is 0.726. The summed E-state index contributed by atoms with van der Waals surface area (Å²) < 4.78 is 7.10. The molecule has 3 rings (SSSR count). The molecule has 0 aromatic carbocycles. The fraction of sp³-hybridized carbons (Fsp3) is 0.500. The van der Waals surface area contributed by atoms with Crippen molar-refractivity contribution in [3.8, 4) is 0 Å². The van der Waals surface area contributed by atoms with Crippen molar-refractivity contribution >= 4 is 22.2 Å². The lowest BCUT2D eigenvalue weighted by atomic mass is 10.2. The third-order valence-electron chi connectivity index (χ3n) is 4.46. The van der Waals surface area contributed by atoms with Gasteiger partial charge in [0.05, 0.1) is 12.3 Å². The molecule has 1 aliphatic heterocycles. The molecule has 140 valence electrons. The van der Waals surface area contributed by atoms with Crippen molar-refractivity contribution < 1.29 is 9.53 Å². The van der Waals surface area contributed by atoms with Gasteiger partial charge in [-0.25, -0.2) is 4.98 Å². The van der Waals surface area contributed by atoms with Crippen LogP contribution >= 0.6 is 11.3 Å². The molecular weight excluding hydrogens is 352 g/mol. The normalized spacial score (nSPS) is 16.7. The molecule has 0 bridgehead atoms. The van der Waals surface area contributed by atoms with Crippen molar-refractivity contribution in [2.45, 2.75) is 26.0 Å². The minimum Gasteiger partial charge on any atom is -0.368 e. The van der Waals surface area contributed by atoms with E-state index in [4.69, 9.17) is 4.74 Å². The minimum atomic E-state index is -0.426. The van der Waals surface area contributed by atoms with E-state index in [-0.39, 0.29) is 11.5 Å². The molecule has 1 fully saturated rings. The van der Waals surface area contributed by atoms with Gasteiger partial charge in [-0.05, 0) is 13.3 Å². The van der Waals surface area contributed by atoms with E-state index in [1.807, 2.05) is 10.3 Å². The summed E-state index contributed by atoms with van der Waals surface area (Å²) in [6.45, 7) is 9.43. The van der Waals surface area contributed by atoms with E-state index in [1.54, 1.807) is 29.7 Å². The number of carbonyl (C=O) groups is 1. The maximum absolute atomic E-state index is 12.4. The average Bonchev–Trinajstić information content (AvgIpc) is 3.11. The highest BCUT2D eigenvalue weighted by atomic mass is 32.1. The molecule has 1 aliphatic rings. The summed E-state index contributed by atoms with van der Waals surface area (Å²) in [5.74, 6) is 0.0325. The van der Waals surface area contributed by atoms with Gasteiger partial charge in [0.2, 0.25) is 0 Å². The van der Waals surface area contributed by atoms with Gasteiger partial charge in [-0.3, -0.25) is 18.9 Å². The molecular formula is C18H24N4O3S. The highest BCUT2D eigenvalue weighted by Gasteiger charge is 2.25. The van der Waals surface area contributed by atoms with Gasteiger partial charge in [0.25, 0.3) is 11.5 Å². The molecule has 0 saturated carbocycles. The van der Waals surface area contributed by atoms with Crippen LogP contribution in [-0.4, -0.2) is 64.0 Å². The zero-order valence-electron chi connectivity index (χ0n) is 15.0. The van der Waals surface area contributed by atoms with Crippen LogP contribution in [0.4, 0.5) is 0 Å². The van der Waals surface area contributed by atoms with Gasteiger partial charge in [-0.15, -0.1) is 17.9 Å². The molecule has 0 radical (unpaired) electrons. The summed E-state index contributed by atoms with van der Waals surface area (Å²) >= 11 is 1.45. The minimum absolute atomic E-state index is 0.0325. The van der Waals surface area contributed by atoms with Crippen molar-refractivity contribution in [3.05, 3.63) is 46.3 Å². The SMILES string of the molecule is C=CCCOC(C)C(=O)N1CCN(Cc2cc(=O)n3ccsc3n2)CC1. The molecule has 0 aliphatic carbocycles. The topological polar surface area (TPSA) is 67.2 Å². The number of hydrogen-bond donors (Lipinski definition) is 0. The largest absolute Gasteiger partial charge is 0.368 e. The zero-order valence-corrected chi connectivity index (χ0v) is 15.8. The van der Waals surface area contributed by atoms with Crippen molar-refractivity contribution in [2.24, 2.45) is 0 Å². The van der Waals surface area contributed by atoms with Crippen LogP contribution in [0.1, 0.15) is 19.0 Å². The Kier molecular flexibility index (Phi) is 6.18. The predicted molar refractivity (Wildman–Crippen MR) is 101 cm³/mol. The number of fused-ring (bicyclic) bond motifs is 1. The second-order valence-corrected chi connectivity index (χ2v) is 7.21. The lowest BCUT2D eigenvalue weighted by Crippen LogP contribution is -2.51. The summed E-state index contributed by atoms with van der Waals surface area (Å²) in [6, 6.07) is 1.59. The number of thiazole rings is 1. The van der Waals surface area contributed by atoms with E-state index in [0.29, 0.717) is 31.2 Å². The Balaban J connectivity index is 1.52. The monoisotopic (exact) mass is 376 g/mol. The molecule has 0 spiro atoms. The Hall–Kier alpha value is -2.03. The molecule has 1 atom stereocenters. The summed E-state index contributed by atoms with van der Waals surface area (Å²) in [4.78, 5) is 33.8. The fourth-order valence-corrected chi connectivity index (χ4v) is 3.72. The number of piperazine rings is 1. The van der Waals surface area contributed by atoms with Crippen molar-refractivity contribution in [1.82, 2.24) is 19.2 Å². The molecule has 26 heavy (non-hydrogen) atoms. The average molecular weight is 376 g/mol. The lowest BCUT2D eigenvalue weighted by Gasteiger charge is -2.35. The first kappa shape index (κ1) is 18.8. The maximum atomic E-state index is 12.4. The molecule has 2 aromatic rings. The summed E-state index contributed by atoms with van der Waals surface area (Å²) in [6.07, 6.45) is 3.84. The van der Waals surface area contributed by atoms with Crippen molar-refractivity contribution in [1.29, 1.82) is 0 Å². The third-order valence-corrected chi connectivity index (χ3v) is 5.22. The Labute approximate surface area is 156 Å². The van der Waals surface area contributed by atoms with Crippen molar-refractivity contribution in [3.63, 3.8) is 0 Å². The smallest absolute Gasteiger partial charge is 0.258 e. The van der Waals surface area contributed by atoms with Crippen molar-refractivity contribution in [2.75, 3.05) is 32.8 Å². The van der Waals surface area contributed by atoms with Crippen LogP contribution in [0.2, 0.25) is 0 Å². The van der Waals surface area contributed by atoms with Gasteiger partial charge >= 0.3 is 0 Å². The Morgan fingerprint density at radius 2 is 2.19 bits per heavy atom. The highest BCUT2D eigenvalue weighted by Crippen LogP contribution is 2.11. The van der Waals surface area contributed by atoms with Crippen LogP contribution in [0.5, 0.6) is 0 Å². The molecule has 8 heteroatoms. The number of aromatic nitrogens is 2. The summed E-state index contributed by atoms with van der Waals surface area (Å²) in [5, 5.41) is 1.86. The molecule has 1 saturated heterocycles. The molecule has 3 heterocycles. The van der Waals surface area contributed by atoms with E-state index in [2.05, 4.69) is 16.5 Å². The Morgan fingerprint density at radius 3 is 2.92 bits per heavy atom. The van der Waals surface area contributed by atoms with Crippen LogP contribution in [0.25, 0.3) is 4.96 Å². The first-order valence-electron chi connectivity index (χ1n) is 8.78. The number of ether oxygens (including phenoxy) is 1. The number of carbonyl (C=O) groups excluding carboxylic acids is 1. The number of amides is 1. The second kappa shape index (κ2) is 8.57. The van der Waals surface area contributed by atoms with E-state index in [0.717, 1.165) is 25.2 Å². The molecule has 1 amide bonds. The van der Waals surface area contributed by atoms with Gasteiger partial charge < -0.3 is 9.64 Å². The van der Waals surface area contributed by atoms with Gasteiger partial charge in [-0.1, -0.05) is 6.08 Å². The van der Waals surface area contributed by atoms with Crippen LogP contribution < -0.4 is 5.56 Å². The summed E-state index contributed by atoms with van der Waals surface area (Å²) in [7, 11) is 0. The molecule has 7 nitrogen and oxygen atoms in total. The van der Waals surface area contributed by atoms with Gasteiger partial charge in [0.15, 0.2) is 4.96 Å². The van der Waals surface area contributed by atoms with E-state index >= 15 is 0 Å². The number of rotatable bonds is 7. The van der Waals surface area contributed by atoms with Crippen LogP contribution in [0.3, 0.4) is 0 Å². The van der Waals surface area contributed by atoms with Crippen LogP contribution in [0, 0.1) is 0 Å². The second-order valence-electron chi connectivity index (χ2n) is 6.33. The van der Waals surface area contributed by atoms with E-state index in [9.17, 15) is 9.59 Å². The fourth-order valence-electron chi connectivity index (χ4n) is 2.98. The Bertz CT molecular complexity index is 823. The van der Waals surface area contributed by atoms with Crippen LogP contribution in [0.15, 0.2) is 35.1 Å². The van der Waals surface area contributed by atoms with Gasteiger partial charge in [0, 0.05) is 50.4 Å². The standard InChI is InChI=1S/C18H24N4O3S/c1-3-4-10-25-14(2)17(24)21-7-5-20(6-8-21)13-15-12-16(23)22-9-11-26-18(22)19-15/h3,9,11-12,14H,1,4-8,10,13H2,2H3. The lowest BCUT2D eigenvalue weighted by molar-refractivity contribution is -0.144. The van der Waals surface area contributed by atoms with Gasteiger partial charge in [0.1, 0.15) is 6.10 Å². The Morgan fingerprint density at radius 1 is 1.42 bits per heavy atom. The molecule has 0 N–H and O–H groups in total. The molecule has 2 aromatic heterocycles. The third kappa shape index (κ3) is 4.38. The number of hydrogen-bond acceptors (Lipinski definition) is 6. The van der Waals surface area contributed by atoms with Gasteiger partial charge in [-0.2, -0.15) is 0 Å². The first-order chi connectivity index (χ1) is 12.6. The van der Waals surface area contributed by atoms with E-state index in [1.165, 1.54) is 11.3 Å². The van der Waals surface area contributed by atoms with Crippen LogP contribution in [-0.2, 0) is 16.1 Å².